The van der Waals surface area contributed by atoms with Crippen molar-refractivity contribution in [2.45, 2.75) is 6.92 Å². The summed E-state index contributed by atoms with van der Waals surface area (Å²) in [7, 11) is 0. The first kappa shape index (κ1) is 14.2. The van der Waals surface area contributed by atoms with Crippen molar-refractivity contribution in [2.75, 3.05) is 11.1 Å². The number of nitrogen functional groups attached to an aromatic ring is 1. The second-order valence-corrected chi connectivity index (χ2v) is 5.57. The van der Waals surface area contributed by atoms with Crippen LogP contribution < -0.4 is 11.1 Å². The van der Waals surface area contributed by atoms with E-state index in [2.05, 4.69) is 25.5 Å². The van der Waals surface area contributed by atoms with E-state index in [1.165, 1.54) is 0 Å². The third kappa shape index (κ3) is 2.44. The molecular formula is C18H16N6. The van der Waals surface area contributed by atoms with Crippen LogP contribution >= 0.6 is 0 Å². The van der Waals surface area contributed by atoms with E-state index >= 15 is 0 Å². The highest BCUT2D eigenvalue weighted by Crippen LogP contribution is 2.36. The van der Waals surface area contributed by atoms with Crippen molar-refractivity contribution in [1.82, 2.24) is 20.2 Å². The molecule has 3 aromatic heterocycles. The molecule has 4 aromatic rings. The number of H-pyrrole nitrogens is 1. The van der Waals surface area contributed by atoms with Gasteiger partial charge in [0.25, 0.3) is 0 Å². The summed E-state index contributed by atoms with van der Waals surface area (Å²) in [6.07, 6.45) is 3.48. The molecule has 118 valence electrons. The number of hydrogen-bond acceptors (Lipinski definition) is 5. The predicted molar refractivity (Wildman–Crippen MR) is 96.0 cm³/mol. The largest absolute Gasteiger partial charge is 0.383 e. The van der Waals surface area contributed by atoms with Crippen molar-refractivity contribution >= 4 is 28.1 Å². The molecule has 3 heterocycles. The number of hydrogen-bond donors (Lipinski definition) is 3. The molecule has 0 spiro atoms. The lowest BCUT2D eigenvalue weighted by Gasteiger charge is -2.13. The van der Waals surface area contributed by atoms with Crippen LogP contribution in [0.4, 0.5) is 17.3 Å². The molecule has 0 amide bonds. The second-order valence-electron chi connectivity index (χ2n) is 5.57. The van der Waals surface area contributed by atoms with E-state index in [4.69, 9.17) is 5.73 Å². The normalized spacial score (nSPS) is 10.9. The monoisotopic (exact) mass is 316 g/mol. The lowest BCUT2D eigenvalue weighted by Crippen LogP contribution is -2.02. The van der Waals surface area contributed by atoms with Crippen LogP contribution in [0.1, 0.15) is 5.69 Å². The first-order chi connectivity index (χ1) is 11.7. The Morgan fingerprint density at radius 3 is 2.62 bits per heavy atom. The van der Waals surface area contributed by atoms with Gasteiger partial charge < -0.3 is 11.1 Å². The van der Waals surface area contributed by atoms with Crippen molar-refractivity contribution in [2.24, 2.45) is 0 Å². The first-order valence-electron chi connectivity index (χ1n) is 7.60. The van der Waals surface area contributed by atoms with E-state index < -0.39 is 0 Å². The zero-order chi connectivity index (χ0) is 16.5. The summed E-state index contributed by atoms with van der Waals surface area (Å²) in [4.78, 5) is 8.68. The Morgan fingerprint density at radius 2 is 1.92 bits per heavy atom. The zero-order valence-electron chi connectivity index (χ0n) is 13.1. The minimum Gasteiger partial charge on any atom is -0.383 e. The van der Waals surface area contributed by atoms with Gasteiger partial charge in [-0.3, -0.25) is 10.1 Å². The summed E-state index contributed by atoms with van der Waals surface area (Å²) in [5, 5.41) is 12.6. The fraction of sp³-hybridized carbons (Fsp3) is 0.0556. The van der Waals surface area contributed by atoms with Crippen molar-refractivity contribution in [3.8, 4) is 11.3 Å². The Balaban J connectivity index is 1.92. The van der Waals surface area contributed by atoms with Gasteiger partial charge in [0, 0.05) is 17.3 Å². The number of aromatic nitrogens is 4. The van der Waals surface area contributed by atoms with Gasteiger partial charge in [0.15, 0.2) is 0 Å². The maximum absolute atomic E-state index is 6.26. The van der Waals surface area contributed by atoms with Crippen LogP contribution in [0.3, 0.4) is 0 Å². The van der Waals surface area contributed by atoms with Crippen molar-refractivity contribution < 1.29 is 0 Å². The maximum Gasteiger partial charge on any atom is 0.140 e. The van der Waals surface area contributed by atoms with Gasteiger partial charge in [0.1, 0.15) is 11.6 Å². The van der Waals surface area contributed by atoms with E-state index in [-0.39, 0.29) is 0 Å². The number of anilines is 3. The summed E-state index contributed by atoms with van der Waals surface area (Å²) in [6, 6.07) is 13.8. The van der Waals surface area contributed by atoms with Crippen molar-refractivity contribution in [1.29, 1.82) is 0 Å². The molecule has 1 aromatic carbocycles. The fourth-order valence-corrected chi connectivity index (χ4v) is 2.77. The predicted octanol–water partition coefficient (Wildman–Crippen LogP) is 3.65. The molecular weight excluding hydrogens is 300 g/mol. The minimum absolute atomic E-state index is 0.437. The molecule has 0 saturated heterocycles. The number of fused-ring (bicyclic) bond motifs is 1. The Bertz CT molecular complexity index is 1010. The Kier molecular flexibility index (Phi) is 3.35. The van der Waals surface area contributed by atoms with E-state index in [9.17, 15) is 0 Å². The highest BCUT2D eigenvalue weighted by atomic mass is 15.1. The number of nitrogens with one attached hydrogen (secondary N) is 2. The van der Waals surface area contributed by atoms with E-state index in [1.807, 2.05) is 49.4 Å². The molecule has 0 atom stereocenters. The van der Waals surface area contributed by atoms with Gasteiger partial charge in [-0.25, -0.2) is 4.98 Å². The molecule has 24 heavy (non-hydrogen) atoms. The van der Waals surface area contributed by atoms with Crippen LogP contribution in [0.15, 0.2) is 54.9 Å². The molecule has 0 bridgehead atoms. The Morgan fingerprint density at radius 1 is 1.08 bits per heavy atom. The molecule has 0 aliphatic carbocycles. The minimum atomic E-state index is 0.437. The molecule has 0 unspecified atom stereocenters. The highest BCUT2D eigenvalue weighted by molar-refractivity contribution is 6.05. The van der Waals surface area contributed by atoms with Crippen LogP contribution in [0.2, 0.25) is 0 Å². The third-order valence-corrected chi connectivity index (χ3v) is 3.83. The summed E-state index contributed by atoms with van der Waals surface area (Å²) in [5.74, 6) is 1.14. The first-order valence-corrected chi connectivity index (χ1v) is 7.60. The molecule has 4 rings (SSSR count). The zero-order valence-corrected chi connectivity index (χ0v) is 13.1. The Hall–Kier alpha value is -3.41. The quantitative estimate of drug-likeness (QED) is 0.536. The SMILES string of the molecule is Cc1cc(-c2c(N)nc(Nc3cccnc3)c3ccccc23)n[nH]1. The summed E-state index contributed by atoms with van der Waals surface area (Å²) >= 11 is 0. The van der Waals surface area contributed by atoms with Gasteiger partial charge in [-0.2, -0.15) is 5.10 Å². The Labute approximate surface area is 138 Å². The fourth-order valence-electron chi connectivity index (χ4n) is 2.77. The van der Waals surface area contributed by atoms with Gasteiger partial charge in [0.2, 0.25) is 0 Å². The molecule has 6 nitrogen and oxygen atoms in total. The summed E-state index contributed by atoms with van der Waals surface area (Å²) < 4.78 is 0. The molecule has 0 saturated carbocycles. The lowest BCUT2D eigenvalue weighted by atomic mass is 10.0. The van der Waals surface area contributed by atoms with E-state index in [0.29, 0.717) is 11.6 Å². The van der Waals surface area contributed by atoms with Gasteiger partial charge in [-0.1, -0.05) is 24.3 Å². The lowest BCUT2D eigenvalue weighted by molar-refractivity contribution is 1.05. The van der Waals surface area contributed by atoms with Gasteiger partial charge >= 0.3 is 0 Å². The number of pyridine rings is 2. The number of rotatable bonds is 3. The molecule has 0 radical (unpaired) electrons. The average molecular weight is 316 g/mol. The molecule has 6 heteroatoms. The number of nitrogens with zero attached hydrogens (tertiary/aromatic N) is 3. The van der Waals surface area contributed by atoms with Gasteiger partial charge in [-0.05, 0) is 30.5 Å². The number of benzene rings is 1. The molecule has 0 fully saturated rings. The van der Waals surface area contributed by atoms with Gasteiger partial charge in [-0.15, -0.1) is 0 Å². The van der Waals surface area contributed by atoms with Crippen LogP contribution in [-0.4, -0.2) is 20.2 Å². The number of aryl methyl sites for hydroxylation is 1. The summed E-state index contributed by atoms with van der Waals surface area (Å²) in [5.41, 5.74) is 9.73. The second kappa shape index (κ2) is 5.66. The van der Waals surface area contributed by atoms with E-state index in [1.54, 1.807) is 12.4 Å². The molecule has 0 aliphatic rings. The number of aromatic amines is 1. The third-order valence-electron chi connectivity index (χ3n) is 3.83. The highest BCUT2D eigenvalue weighted by Gasteiger charge is 2.15. The standard InChI is InChI=1S/C18H16N6/c1-11-9-15(24-23-11)16-13-6-2-3-7-14(13)18(22-17(16)19)21-12-5-4-8-20-10-12/h2-10H,1H3,(H,23,24)(H3,19,21,22). The maximum atomic E-state index is 6.26. The summed E-state index contributed by atoms with van der Waals surface area (Å²) in [6.45, 7) is 1.96. The van der Waals surface area contributed by atoms with Crippen LogP contribution in [0, 0.1) is 6.92 Å². The smallest absolute Gasteiger partial charge is 0.140 e. The average Bonchev–Trinajstić information content (AvgIpc) is 3.02. The van der Waals surface area contributed by atoms with Crippen LogP contribution in [0.5, 0.6) is 0 Å². The van der Waals surface area contributed by atoms with Crippen LogP contribution in [-0.2, 0) is 0 Å². The molecule has 4 N–H and O–H groups in total. The molecule has 0 aliphatic heterocycles. The van der Waals surface area contributed by atoms with Crippen molar-refractivity contribution in [3.63, 3.8) is 0 Å². The van der Waals surface area contributed by atoms with Crippen LogP contribution in [0.25, 0.3) is 22.0 Å². The van der Waals surface area contributed by atoms with Gasteiger partial charge in [0.05, 0.1) is 23.1 Å². The van der Waals surface area contributed by atoms with E-state index in [0.717, 1.165) is 33.4 Å². The number of nitrogens with two attached hydrogens (primary N) is 1. The van der Waals surface area contributed by atoms with Crippen molar-refractivity contribution in [3.05, 3.63) is 60.6 Å². The topological polar surface area (TPSA) is 92.5 Å².